The van der Waals surface area contributed by atoms with Gasteiger partial charge < -0.3 is 15.0 Å². The third kappa shape index (κ3) is 4.65. The Morgan fingerprint density at radius 1 is 1.39 bits per heavy atom. The molecule has 1 N–H and O–H groups in total. The van der Waals surface area contributed by atoms with Crippen molar-refractivity contribution in [3.63, 3.8) is 0 Å². The minimum Gasteiger partial charge on any atom is -0.342 e. The normalized spacial score (nSPS) is 12.8. The SMILES string of the molecule is CCC(C=O)N(CC)C(=O)CNC(=O)C(C)=NC. The highest BCUT2D eigenvalue weighted by molar-refractivity contribution is 6.38. The molecule has 0 saturated carbocycles. The minimum atomic E-state index is -0.430. The molecule has 1 unspecified atom stereocenters. The van der Waals surface area contributed by atoms with Crippen molar-refractivity contribution >= 4 is 23.8 Å². The molecule has 2 amide bonds. The van der Waals surface area contributed by atoms with Gasteiger partial charge in [0.05, 0.1) is 18.3 Å². The van der Waals surface area contributed by atoms with Crippen LogP contribution in [0.3, 0.4) is 0 Å². The van der Waals surface area contributed by atoms with Crippen LogP contribution in [0.15, 0.2) is 4.99 Å². The summed E-state index contributed by atoms with van der Waals surface area (Å²) in [6, 6.07) is -0.430. The van der Waals surface area contributed by atoms with E-state index in [0.29, 0.717) is 18.7 Å². The zero-order chi connectivity index (χ0) is 14.1. The molecule has 0 saturated heterocycles. The van der Waals surface area contributed by atoms with E-state index in [-0.39, 0.29) is 18.4 Å². The first kappa shape index (κ1) is 16.3. The van der Waals surface area contributed by atoms with Gasteiger partial charge in [-0.25, -0.2) is 0 Å². The highest BCUT2D eigenvalue weighted by Gasteiger charge is 2.20. The summed E-state index contributed by atoms with van der Waals surface area (Å²) >= 11 is 0. The Morgan fingerprint density at radius 2 is 2.00 bits per heavy atom. The zero-order valence-corrected chi connectivity index (χ0v) is 11.4. The lowest BCUT2D eigenvalue weighted by Crippen LogP contribution is -2.46. The minimum absolute atomic E-state index is 0.121. The van der Waals surface area contributed by atoms with Crippen molar-refractivity contribution in [1.82, 2.24) is 10.2 Å². The number of hydrogen-bond donors (Lipinski definition) is 1. The summed E-state index contributed by atoms with van der Waals surface area (Å²) < 4.78 is 0. The van der Waals surface area contributed by atoms with E-state index in [1.54, 1.807) is 13.8 Å². The topological polar surface area (TPSA) is 78.8 Å². The average molecular weight is 255 g/mol. The van der Waals surface area contributed by atoms with E-state index in [0.717, 1.165) is 6.29 Å². The van der Waals surface area contributed by atoms with Crippen molar-refractivity contribution in [2.24, 2.45) is 4.99 Å². The van der Waals surface area contributed by atoms with Gasteiger partial charge in [-0.3, -0.25) is 14.6 Å². The number of hydrogen-bond acceptors (Lipinski definition) is 4. The Morgan fingerprint density at radius 3 is 2.39 bits per heavy atom. The monoisotopic (exact) mass is 255 g/mol. The van der Waals surface area contributed by atoms with Gasteiger partial charge in [0.15, 0.2) is 0 Å². The number of rotatable bonds is 7. The maximum atomic E-state index is 11.9. The Kier molecular flexibility index (Phi) is 7.58. The molecule has 0 fully saturated rings. The quantitative estimate of drug-likeness (QED) is 0.514. The van der Waals surface area contributed by atoms with Crippen LogP contribution >= 0.6 is 0 Å². The molecule has 0 aromatic carbocycles. The lowest BCUT2D eigenvalue weighted by Gasteiger charge is -2.26. The number of amides is 2. The highest BCUT2D eigenvalue weighted by atomic mass is 16.2. The van der Waals surface area contributed by atoms with Crippen LogP contribution in [-0.2, 0) is 14.4 Å². The number of aldehydes is 1. The summed E-state index contributed by atoms with van der Waals surface area (Å²) in [5.74, 6) is -0.644. The molecule has 0 aliphatic carbocycles. The number of nitrogens with zero attached hydrogens (tertiary/aromatic N) is 2. The molecular weight excluding hydrogens is 234 g/mol. The van der Waals surface area contributed by atoms with E-state index in [4.69, 9.17) is 0 Å². The molecule has 0 spiro atoms. The average Bonchev–Trinajstić information content (AvgIpc) is 2.40. The molecule has 6 heteroatoms. The van der Waals surface area contributed by atoms with Crippen LogP contribution in [0.1, 0.15) is 27.2 Å². The van der Waals surface area contributed by atoms with Crippen LogP contribution in [0.4, 0.5) is 0 Å². The second-order valence-electron chi connectivity index (χ2n) is 3.78. The van der Waals surface area contributed by atoms with Crippen LogP contribution in [0, 0.1) is 0 Å². The summed E-state index contributed by atoms with van der Waals surface area (Å²) in [7, 11) is 1.51. The Hall–Kier alpha value is -1.72. The van der Waals surface area contributed by atoms with Crippen molar-refractivity contribution in [3.05, 3.63) is 0 Å². The van der Waals surface area contributed by atoms with Crippen molar-refractivity contribution in [3.8, 4) is 0 Å². The molecule has 0 aromatic heterocycles. The van der Waals surface area contributed by atoms with Gasteiger partial charge in [-0.1, -0.05) is 6.92 Å². The standard InChI is InChI=1S/C12H21N3O3/c1-5-10(8-16)15(6-2)11(17)7-14-12(18)9(3)13-4/h8,10H,5-7H2,1-4H3,(H,14,18). The summed E-state index contributed by atoms with van der Waals surface area (Å²) in [5, 5.41) is 2.47. The molecule has 0 aromatic rings. The first-order chi connectivity index (χ1) is 8.51. The Bertz CT molecular complexity index is 339. The largest absolute Gasteiger partial charge is 0.342 e. The molecule has 102 valence electrons. The fourth-order valence-electron chi connectivity index (χ4n) is 1.47. The van der Waals surface area contributed by atoms with Crippen LogP contribution < -0.4 is 5.32 Å². The van der Waals surface area contributed by atoms with Gasteiger partial charge in [-0.05, 0) is 20.3 Å². The third-order valence-corrected chi connectivity index (χ3v) is 2.70. The van der Waals surface area contributed by atoms with E-state index in [1.807, 2.05) is 6.92 Å². The van der Waals surface area contributed by atoms with Gasteiger partial charge in [0.25, 0.3) is 5.91 Å². The van der Waals surface area contributed by atoms with E-state index in [1.165, 1.54) is 11.9 Å². The number of carbonyl (C=O) groups is 3. The third-order valence-electron chi connectivity index (χ3n) is 2.70. The van der Waals surface area contributed by atoms with Crippen LogP contribution in [-0.4, -0.2) is 54.9 Å². The summed E-state index contributed by atoms with van der Waals surface area (Å²) in [6.45, 7) is 5.51. The van der Waals surface area contributed by atoms with E-state index in [2.05, 4.69) is 10.3 Å². The van der Waals surface area contributed by atoms with Gasteiger partial charge >= 0.3 is 0 Å². The van der Waals surface area contributed by atoms with Crippen LogP contribution in [0.5, 0.6) is 0 Å². The van der Waals surface area contributed by atoms with Gasteiger partial charge in [0, 0.05) is 13.6 Å². The van der Waals surface area contributed by atoms with E-state index < -0.39 is 6.04 Å². The van der Waals surface area contributed by atoms with Gasteiger partial charge in [0.1, 0.15) is 6.29 Å². The fourth-order valence-corrected chi connectivity index (χ4v) is 1.47. The maximum Gasteiger partial charge on any atom is 0.265 e. The molecule has 0 aliphatic rings. The lowest BCUT2D eigenvalue weighted by molar-refractivity contribution is -0.136. The van der Waals surface area contributed by atoms with Gasteiger partial charge in [0.2, 0.25) is 5.91 Å². The van der Waals surface area contributed by atoms with Crippen LogP contribution in [0.25, 0.3) is 0 Å². The molecule has 6 nitrogen and oxygen atoms in total. The van der Waals surface area contributed by atoms with Crippen molar-refractivity contribution in [2.45, 2.75) is 33.2 Å². The second kappa shape index (κ2) is 8.38. The summed E-state index contributed by atoms with van der Waals surface area (Å²) in [5.41, 5.74) is 0.313. The van der Waals surface area contributed by atoms with Gasteiger partial charge in [-0.2, -0.15) is 0 Å². The van der Waals surface area contributed by atoms with Gasteiger partial charge in [-0.15, -0.1) is 0 Å². The molecule has 0 rings (SSSR count). The maximum absolute atomic E-state index is 11.9. The van der Waals surface area contributed by atoms with Crippen molar-refractivity contribution in [1.29, 1.82) is 0 Å². The number of nitrogens with one attached hydrogen (secondary N) is 1. The second-order valence-corrected chi connectivity index (χ2v) is 3.78. The van der Waals surface area contributed by atoms with E-state index in [9.17, 15) is 14.4 Å². The Labute approximate surface area is 107 Å². The van der Waals surface area contributed by atoms with Crippen LogP contribution in [0.2, 0.25) is 0 Å². The molecular formula is C12H21N3O3. The van der Waals surface area contributed by atoms with E-state index >= 15 is 0 Å². The molecule has 0 heterocycles. The van der Waals surface area contributed by atoms with Crippen molar-refractivity contribution < 1.29 is 14.4 Å². The fraction of sp³-hybridized carbons (Fsp3) is 0.667. The molecule has 0 bridgehead atoms. The van der Waals surface area contributed by atoms with Crippen molar-refractivity contribution in [2.75, 3.05) is 20.1 Å². The molecule has 18 heavy (non-hydrogen) atoms. The summed E-state index contributed by atoms with van der Waals surface area (Å²) in [4.78, 5) is 39.3. The number of aliphatic imine (C=N–C) groups is 1. The number of likely N-dealkylation sites (N-methyl/N-ethyl adjacent to an activating group) is 1. The zero-order valence-electron chi connectivity index (χ0n) is 11.4. The first-order valence-corrected chi connectivity index (χ1v) is 5.98. The predicted molar refractivity (Wildman–Crippen MR) is 69.6 cm³/mol. The molecule has 1 atom stereocenters. The predicted octanol–water partition coefficient (Wildman–Crippen LogP) is 0.0193. The Balaban J connectivity index is 4.46. The highest BCUT2D eigenvalue weighted by Crippen LogP contribution is 2.01. The first-order valence-electron chi connectivity index (χ1n) is 5.98. The molecule has 0 aliphatic heterocycles. The summed E-state index contributed by atoms with van der Waals surface area (Å²) in [6.07, 6.45) is 1.31. The lowest BCUT2D eigenvalue weighted by atomic mass is 10.2. The smallest absolute Gasteiger partial charge is 0.265 e. The molecule has 0 radical (unpaired) electrons. The number of carbonyl (C=O) groups excluding carboxylic acids is 3.